The number of carbonyl (C=O) groups excluding carboxylic acids is 1. The van der Waals surface area contributed by atoms with Crippen molar-refractivity contribution in [2.45, 2.75) is 17.9 Å². The van der Waals surface area contributed by atoms with Crippen molar-refractivity contribution >= 4 is 27.2 Å². The number of nitrogens with one attached hydrogen (secondary N) is 2. The number of aromatic nitrogens is 2. The number of nitrogens with zero attached hydrogens (tertiary/aromatic N) is 1. The van der Waals surface area contributed by atoms with Crippen molar-refractivity contribution in [3.05, 3.63) is 62.2 Å². The van der Waals surface area contributed by atoms with Crippen molar-refractivity contribution in [3.63, 3.8) is 0 Å². The van der Waals surface area contributed by atoms with Crippen molar-refractivity contribution < 1.29 is 18.0 Å². The van der Waals surface area contributed by atoms with E-state index in [1.807, 2.05) is 0 Å². The molecule has 1 aromatic carbocycles. The second-order valence-corrected chi connectivity index (χ2v) is 8.34. The molecule has 2 heterocycles. The van der Waals surface area contributed by atoms with Crippen LogP contribution >= 0.6 is 11.6 Å². The Labute approximate surface area is 154 Å². The summed E-state index contributed by atoms with van der Waals surface area (Å²) in [4.78, 5) is 30.1. The Morgan fingerprint density at radius 2 is 2.00 bits per heavy atom. The fourth-order valence-electron chi connectivity index (χ4n) is 2.70. The van der Waals surface area contributed by atoms with Crippen LogP contribution in [-0.4, -0.2) is 30.2 Å². The van der Waals surface area contributed by atoms with E-state index in [0.29, 0.717) is 5.70 Å². The Kier molecular flexibility index (Phi) is 4.55. The monoisotopic (exact) mass is 397 g/mol. The van der Waals surface area contributed by atoms with Gasteiger partial charge in [0.25, 0.3) is 5.56 Å². The standard InChI is InChI=1S/C16H16ClN3O5S/c1-8-6-11(25-19-8)13-12(26(3,23)24)5-4-9(14(13)17)15(21)10-7-18-20(2)16(10)22/h4-7,11,18-19H,1-3H3. The predicted octanol–water partition coefficient (Wildman–Crippen LogP) is 1.48. The molecule has 0 radical (unpaired) electrons. The van der Waals surface area contributed by atoms with Gasteiger partial charge in [0.1, 0.15) is 11.7 Å². The quantitative estimate of drug-likeness (QED) is 0.756. The summed E-state index contributed by atoms with van der Waals surface area (Å²) in [5.41, 5.74) is 2.89. The first kappa shape index (κ1) is 18.4. The van der Waals surface area contributed by atoms with Gasteiger partial charge in [-0.1, -0.05) is 11.6 Å². The number of halogens is 1. The first-order valence-corrected chi connectivity index (χ1v) is 9.80. The molecule has 1 aromatic heterocycles. The minimum atomic E-state index is -3.63. The summed E-state index contributed by atoms with van der Waals surface area (Å²) in [6, 6.07) is 2.60. The molecular formula is C16H16ClN3O5S. The lowest BCUT2D eigenvalue weighted by Gasteiger charge is -2.16. The van der Waals surface area contributed by atoms with Crippen LogP contribution in [0.3, 0.4) is 0 Å². The van der Waals surface area contributed by atoms with Crippen molar-refractivity contribution in [3.8, 4) is 0 Å². The van der Waals surface area contributed by atoms with E-state index >= 15 is 0 Å². The molecule has 3 rings (SSSR count). The highest BCUT2D eigenvalue weighted by atomic mass is 35.5. The third kappa shape index (κ3) is 3.09. The number of H-pyrrole nitrogens is 1. The molecule has 0 amide bonds. The van der Waals surface area contributed by atoms with Gasteiger partial charge in [-0.05, 0) is 25.1 Å². The Morgan fingerprint density at radius 3 is 2.50 bits per heavy atom. The van der Waals surface area contributed by atoms with Crippen molar-refractivity contribution in [2.24, 2.45) is 7.05 Å². The summed E-state index contributed by atoms with van der Waals surface area (Å²) in [6.45, 7) is 1.74. The largest absolute Gasteiger partial charge is 0.302 e. The number of hydrogen-bond donors (Lipinski definition) is 2. The van der Waals surface area contributed by atoms with Crippen molar-refractivity contribution in [1.29, 1.82) is 0 Å². The zero-order valence-electron chi connectivity index (χ0n) is 14.2. The predicted molar refractivity (Wildman–Crippen MR) is 94.7 cm³/mol. The topological polar surface area (TPSA) is 110 Å². The van der Waals surface area contributed by atoms with E-state index in [4.69, 9.17) is 16.4 Å². The maximum Gasteiger partial charge on any atom is 0.277 e. The lowest BCUT2D eigenvalue weighted by molar-refractivity contribution is 0.0407. The molecule has 26 heavy (non-hydrogen) atoms. The molecule has 0 bridgehead atoms. The average molecular weight is 398 g/mol. The first-order valence-electron chi connectivity index (χ1n) is 7.53. The van der Waals surface area contributed by atoms with Gasteiger partial charge in [0.05, 0.1) is 9.92 Å². The summed E-state index contributed by atoms with van der Waals surface area (Å²) in [5, 5.41) is 2.55. The van der Waals surface area contributed by atoms with Gasteiger partial charge in [-0.25, -0.2) is 8.42 Å². The summed E-state index contributed by atoms with van der Waals surface area (Å²) in [6.07, 6.45) is 3.20. The minimum Gasteiger partial charge on any atom is -0.302 e. The van der Waals surface area contributed by atoms with E-state index in [2.05, 4.69) is 10.6 Å². The first-order chi connectivity index (χ1) is 12.1. The Balaban J connectivity index is 2.22. The molecule has 0 aliphatic carbocycles. The smallest absolute Gasteiger partial charge is 0.277 e. The van der Waals surface area contributed by atoms with E-state index in [-0.39, 0.29) is 26.6 Å². The van der Waals surface area contributed by atoms with E-state index in [1.165, 1.54) is 25.4 Å². The summed E-state index contributed by atoms with van der Waals surface area (Å²) in [7, 11) is -2.15. The molecule has 1 atom stereocenters. The van der Waals surface area contributed by atoms with Gasteiger partial charge >= 0.3 is 0 Å². The van der Waals surface area contributed by atoms with Crippen LogP contribution in [0.15, 0.2) is 39.8 Å². The van der Waals surface area contributed by atoms with E-state index in [9.17, 15) is 18.0 Å². The number of hydrogen-bond acceptors (Lipinski definition) is 6. The summed E-state index contributed by atoms with van der Waals surface area (Å²) in [5.74, 6) is -0.607. The van der Waals surface area contributed by atoms with E-state index in [0.717, 1.165) is 10.9 Å². The number of aromatic amines is 1. The van der Waals surface area contributed by atoms with Gasteiger partial charge in [-0.15, -0.1) is 0 Å². The van der Waals surface area contributed by atoms with Crippen molar-refractivity contribution in [1.82, 2.24) is 15.3 Å². The van der Waals surface area contributed by atoms with Crippen molar-refractivity contribution in [2.75, 3.05) is 6.26 Å². The summed E-state index contributed by atoms with van der Waals surface area (Å²) < 4.78 is 25.5. The van der Waals surface area contributed by atoms with Crippen LogP contribution in [0.5, 0.6) is 0 Å². The third-order valence-corrected chi connectivity index (χ3v) is 5.56. The average Bonchev–Trinajstić information content (AvgIpc) is 3.12. The molecule has 8 nitrogen and oxygen atoms in total. The summed E-state index contributed by atoms with van der Waals surface area (Å²) >= 11 is 6.41. The zero-order valence-corrected chi connectivity index (χ0v) is 15.7. The van der Waals surface area contributed by atoms with Crippen LogP contribution in [0, 0.1) is 0 Å². The number of aryl methyl sites for hydroxylation is 1. The van der Waals surface area contributed by atoms with Crippen LogP contribution in [0.2, 0.25) is 5.02 Å². The second kappa shape index (κ2) is 6.42. The van der Waals surface area contributed by atoms with Gasteiger partial charge in [-0.2, -0.15) is 0 Å². The molecule has 0 saturated carbocycles. The third-order valence-electron chi connectivity index (χ3n) is 4.00. The SMILES string of the molecule is CC1=CC(c2c(S(C)(=O)=O)ccc(C(=O)c3c[nH]n(C)c3=O)c2Cl)ON1. The molecule has 0 fully saturated rings. The highest BCUT2D eigenvalue weighted by molar-refractivity contribution is 7.90. The number of hydroxylamine groups is 1. The number of carbonyl (C=O) groups is 1. The Bertz CT molecular complexity index is 1100. The second-order valence-electron chi connectivity index (χ2n) is 5.98. The van der Waals surface area contributed by atoms with Crippen LogP contribution < -0.4 is 11.0 Å². The molecule has 2 N–H and O–H groups in total. The molecule has 1 aliphatic rings. The number of ketones is 1. The van der Waals surface area contributed by atoms with Gasteiger partial charge in [-0.3, -0.25) is 24.6 Å². The molecule has 1 unspecified atom stereocenters. The highest BCUT2D eigenvalue weighted by Gasteiger charge is 2.30. The number of rotatable bonds is 4. The fraction of sp³-hybridized carbons (Fsp3) is 0.250. The Hall–Kier alpha value is -2.36. The van der Waals surface area contributed by atoms with Gasteiger partial charge in [0.2, 0.25) is 5.78 Å². The maximum absolute atomic E-state index is 12.8. The highest BCUT2D eigenvalue weighted by Crippen LogP contribution is 2.37. The van der Waals surface area contributed by atoms with E-state index in [1.54, 1.807) is 13.0 Å². The lowest BCUT2D eigenvalue weighted by Crippen LogP contribution is -2.20. The van der Waals surface area contributed by atoms with Crippen LogP contribution in [0.4, 0.5) is 0 Å². The van der Waals surface area contributed by atoms with Gasteiger partial charge < -0.3 is 5.10 Å². The molecule has 1 aliphatic heterocycles. The van der Waals surface area contributed by atoms with E-state index < -0.39 is 27.3 Å². The van der Waals surface area contributed by atoms with Crippen LogP contribution in [0.1, 0.15) is 34.5 Å². The Morgan fingerprint density at radius 1 is 1.31 bits per heavy atom. The molecule has 0 spiro atoms. The number of allylic oxidation sites excluding steroid dienone is 1. The lowest BCUT2D eigenvalue weighted by atomic mass is 10.00. The van der Waals surface area contributed by atoms with Crippen LogP contribution in [-0.2, 0) is 21.7 Å². The van der Waals surface area contributed by atoms with Gasteiger partial charge in [0.15, 0.2) is 9.84 Å². The van der Waals surface area contributed by atoms with Gasteiger partial charge in [0, 0.05) is 36.3 Å². The molecule has 138 valence electrons. The molecule has 2 aromatic rings. The maximum atomic E-state index is 12.8. The molecular weight excluding hydrogens is 382 g/mol. The fourth-order valence-corrected chi connectivity index (χ4v) is 4.05. The number of benzene rings is 1. The normalized spacial score (nSPS) is 17.1. The minimum absolute atomic E-state index is 0.0207. The zero-order chi connectivity index (χ0) is 19.2. The molecule has 10 heteroatoms. The van der Waals surface area contributed by atoms with Crippen LogP contribution in [0.25, 0.3) is 0 Å². The number of sulfone groups is 1. The molecule has 0 saturated heterocycles.